The normalized spacial score (nSPS) is 10.2. The lowest BCUT2D eigenvalue weighted by atomic mass is 10.1. The molecule has 1 heterocycles. The van der Waals surface area contributed by atoms with Crippen molar-refractivity contribution in [3.63, 3.8) is 0 Å². The lowest BCUT2D eigenvalue weighted by Gasteiger charge is -2.13. The molecule has 1 aromatic carbocycles. The molecule has 0 amide bonds. The van der Waals surface area contributed by atoms with Gasteiger partial charge in [0.15, 0.2) is 11.5 Å². The first kappa shape index (κ1) is 14.5. The predicted molar refractivity (Wildman–Crippen MR) is 79.0 cm³/mol. The molecule has 0 aliphatic carbocycles. The van der Waals surface area contributed by atoms with Gasteiger partial charge >= 0.3 is 0 Å². The molecule has 0 spiro atoms. The number of nitrogens with two attached hydrogens (primary N) is 2. The van der Waals surface area contributed by atoms with Crippen LogP contribution < -0.4 is 25.7 Å². The summed E-state index contributed by atoms with van der Waals surface area (Å²) in [5.41, 5.74) is 12.4. The van der Waals surface area contributed by atoms with E-state index < -0.39 is 0 Å². The molecule has 0 aliphatic heterocycles. The van der Waals surface area contributed by atoms with E-state index in [1.807, 2.05) is 0 Å². The minimum atomic E-state index is -0.258. The Bertz CT molecular complexity index is 655. The van der Waals surface area contributed by atoms with Gasteiger partial charge in [-0.05, 0) is 12.1 Å². The molecule has 8 nitrogen and oxygen atoms in total. The molecule has 2 aromatic rings. The average molecular weight is 291 g/mol. The van der Waals surface area contributed by atoms with Gasteiger partial charge in [0, 0.05) is 11.6 Å². The molecule has 0 aliphatic rings. The first-order valence-electron chi connectivity index (χ1n) is 6.02. The number of hydrogen-bond acceptors (Lipinski definition) is 6. The molecule has 21 heavy (non-hydrogen) atoms. The summed E-state index contributed by atoms with van der Waals surface area (Å²) in [7, 11) is 4.59. The summed E-state index contributed by atoms with van der Waals surface area (Å²) in [6, 6.07) is 5.10. The molecule has 0 atom stereocenters. The highest BCUT2D eigenvalue weighted by Gasteiger charge is 2.16. The number of ether oxygens (including phenoxy) is 3. The zero-order valence-electron chi connectivity index (χ0n) is 12.0. The minimum absolute atomic E-state index is 0.258. The van der Waals surface area contributed by atoms with Crippen molar-refractivity contribution >= 4 is 11.8 Å². The molecule has 0 bridgehead atoms. The van der Waals surface area contributed by atoms with Crippen LogP contribution in [0.1, 0.15) is 0 Å². The Morgan fingerprint density at radius 3 is 2.05 bits per heavy atom. The van der Waals surface area contributed by atoms with E-state index in [2.05, 4.69) is 5.10 Å². The number of nitrogen functional groups attached to an aromatic ring is 2. The molecule has 0 unspecified atom stereocenters. The van der Waals surface area contributed by atoms with E-state index in [0.717, 1.165) is 4.68 Å². The summed E-state index contributed by atoms with van der Waals surface area (Å²) in [6.45, 7) is 0. The third-order valence-corrected chi connectivity index (χ3v) is 2.93. The van der Waals surface area contributed by atoms with E-state index >= 15 is 0 Å². The zero-order valence-corrected chi connectivity index (χ0v) is 12.0. The quantitative estimate of drug-likeness (QED) is 0.568. The summed E-state index contributed by atoms with van der Waals surface area (Å²) in [5.74, 6) is 1.51. The van der Waals surface area contributed by atoms with Gasteiger partial charge in [-0.25, -0.2) is 0 Å². The van der Waals surface area contributed by atoms with Gasteiger partial charge in [-0.1, -0.05) is 0 Å². The maximum absolute atomic E-state index is 7.40. The SMILES string of the molecule is COc1cc(-c2cc(N)n(C(=N)N)n2)cc(OC)c1OC. The standard InChI is InChI=1S/C13H17N5O3/c1-19-9-4-7(5-10(20-2)12(9)21-3)8-6-11(14)18(17-8)13(15)16/h4-6H,14H2,1-3H3,(H3,15,16). The fraction of sp³-hybridized carbons (Fsp3) is 0.231. The second-order valence-corrected chi connectivity index (χ2v) is 4.17. The van der Waals surface area contributed by atoms with E-state index in [1.165, 1.54) is 21.3 Å². The molecular weight excluding hydrogens is 274 g/mol. The number of aromatic nitrogens is 2. The molecule has 0 radical (unpaired) electrons. The van der Waals surface area contributed by atoms with Gasteiger partial charge in [-0.3, -0.25) is 5.41 Å². The zero-order chi connectivity index (χ0) is 15.6. The van der Waals surface area contributed by atoms with Crippen LogP contribution in [0.4, 0.5) is 5.82 Å². The van der Waals surface area contributed by atoms with Crippen molar-refractivity contribution in [1.82, 2.24) is 9.78 Å². The van der Waals surface area contributed by atoms with Crippen molar-refractivity contribution in [3.8, 4) is 28.5 Å². The number of benzene rings is 1. The van der Waals surface area contributed by atoms with Crippen molar-refractivity contribution in [1.29, 1.82) is 5.41 Å². The Morgan fingerprint density at radius 1 is 1.10 bits per heavy atom. The molecule has 0 saturated heterocycles. The maximum Gasteiger partial charge on any atom is 0.215 e. The van der Waals surface area contributed by atoms with Gasteiger partial charge in [0.2, 0.25) is 11.7 Å². The fourth-order valence-corrected chi connectivity index (χ4v) is 1.96. The molecule has 8 heteroatoms. The Hall–Kier alpha value is -2.90. The molecule has 2 rings (SSSR count). The minimum Gasteiger partial charge on any atom is -0.493 e. The van der Waals surface area contributed by atoms with Crippen LogP contribution in [-0.4, -0.2) is 37.1 Å². The third kappa shape index (κ3) is 2.55. The summed E-state index contributed by atoms with van der Waals surface area (Å²) in [6.07, 6.45) is 0. The van der Waals surface area contributed by atoms with Crippen LogP contribution >= 0.6 is 0 Å². The highest BCUT2D eigenvalue weighted by atomic mass is 16.5. The van der Waals surface area contributed by atoms with Gasteiger partial charge in [-0.2, -0.15) is 9.78 Å². The molecule has 0 fully saturated rings. The number of hydrogen-bond donors (Lipinski definition) is 3. The Balaban J connectivity index is 2.59. The number of methoxy groups -OCH3 is 3. The van der Waals surface area contributed by atoms with Crippen molar-refractivity contribution in [2.75, 3.05) is 27.1 Å². The van der Waals surface area contributed by atoms with Gasteiger partial charge in [0.25, 0.3) is 0 Å². The summed E-state index contributed by atoms with van der Waals surface area (Å²) >= 11 is 0. The van der Waals surface area contributed by atoms with E-state index in [1.54, 1.807) is 18.2 Å². The lowest BCUT2D eigenvalue weighted by Crippen LogP contribution is -2.23. The van der Waals surface area contributed by atoms with Crippen LogP contribution in [0.2, 0.25) is 0 Å². The summed E-state index contributed by atoms with van der Waals surface area (Å²) < 4.78 is 17.0. The fourth-order valence-electron chi connectivity index (χ4n) is 1.96. The summed E-state index contributed by atoms with van der Waals surface area (Å²) in [4.78, 5) is 0. The second-order valence-electron chi connectivity index (χ2n) is 4.17. The summed E-state index contributed by atoms with van der Waals surface area (Å²) in [5, 5.41) is 11.6. The molecule has 5 N–H and O–H groups in total. The lowest BCUT2D eigenvalue weighted by molar-refractivity contribution is 0.324. The molecule has 112 valence electrons. The van der Waals surface area contributed by atoms with E-state index in [4.69, 9.17) is 31.1 Å². The van der Waals surface area contributed by atoms with Crippen LogP contribution in [0, 0.1) is 5.41 Å². The Morgan fingerprint density at radius 2 is 1.67 bits per heavy atom. The topological polar surface area (TPSA) is 121 Å². The van der Waals surface area contributed by atoms with Crippen molar-refractivity contribution in [2.24, 2.45) is 5.73 Å². The van der Waals surface area contributed by atoms with Crippen LogP contribution in [0.5, 0.6) is 17.2 Å². The smallest absolute Gasteiger partial charge is 0.215 e. The number of nitrogens with one attached hydrogen (secondary N) is 1. The molecular formula is C13H17N5O3. The predicted octanol–water partition coefficient (Wildman–Crippen LogP) is 0.900. The highest BCUT2D eigenvalue weighted by Crippen LogP contribution is 2.41. The van der Waals surface area contributed by atoms with Gasteiger partial charge < -0.3 is 25.7 Å². The average Bonchev–Trinajstić information content (AvgIpc) is 2.87. The number of nitrogens with zero attached hydrogens (tertiary/aromatic N) is 2. The van der Waals surface area contributed by atoms with Crippen molar-refractivity contribution in [3.05, 3.63) is 18.2 Å². The number of anilines is 1. The van der Waals surface area contributed by atoms with E-state index in [-0.39, 0.29) is 11.8 Å². The van der Waals surface area contributed by atoms with E-state index in [9.17, 15) is 0 Å². The van der Waals surface area contributed by atoms with Crippen LogP contribution in [0.25, 0.3) is 11.3 Å². The Labute approximate surface area is 121 Å². The van der Waals surface area contributed by atoms with Crippen molar-refractivity contribution < 1.29 is 14.2 Å². The van der Waals surface area contributed by atoms with Crippen LogP contribution in [0.3, 0.4) is 0 Å². The first-order valence-corrected chi connectivity index (χ1v) is 6.02. The maximum atomic E-state index is 7.40. The monoisotopic (exact) mass is 291 g/mol. The van der Waals surface area contributed by atoms with Gasteiger partial charge in [-0.15, -0.1) is 0 Å². The Kier molecular flexibility index (Phi) is 3.88. The second kappa shape index (κ2) is 5.61. The van der Waals surface area contributed by atoms with Gasteiger partial charge in [0.1, 0.15) is 5.82 Å². The molecule has 0 saturated carbocycles. The van der Waals surface area contributed by atoms with Gasteiger partial charge in [0.05, 0.1) is 27.0 Å². The van der Waals surface area contributed by atoms with Crippen molar-refractivity contribution in [2.45, 2.75) is 0 Å². The van der Waals surface area contributed by atoms with Crippen LogP contribution in [0.15, 0.2) is 18.2 Å². The molecule has 1 aromatic heterocycles. The first-order chi connectivity index (χ1) is 10.0. The largest absolute Gasteiger partial charge is 0.493 e. The number of rotatable bonds is 4. The third-order valence-electron chi connectivity index (χ3n) is 2.93. The van der Waals surface area contributed by atoms with E-state index in [0.29, 0.717) is 28.5 Å². The van der Waals surface area contributed by atoms with Crippen LogP contribution in [-0.2, 0) is 0 Å². The highest BCUT2D eigenvalue weighted by molar-refractivity contribution is 5.81.